The molecule has 96 valence electrons. The molecule has 16 heavy (non-hydrogen) atoms. The molecule has 1 aliphatic heterocycles. The van der Waals surface area contributed by atoms with Gasteiger partial charge in [0, 0.05) is 0 Å². The Labute approximate surface area is 99.5 Å². The Morgan fingerprint density at radius 1 is 1.31 bits per heavy atom. The van der Waals surface area contributed by atoms with Crippen molar-refractivity contribution in [3.63, 3.8) is 0 Å². The summed E-state index contributed by atoms with van der Waals surface area (Å²) in [6.07, 6.45) is 6.86. The predicted molar refractivity (Wildman–Crippen MR) is 66.4 cm³/mol. The minimum absolute atomic E-state index is 0.0498. The summed E-state index contributed by atoms with van der Waals surface area (Å²) in [5, 5.41) is 0. The van der Waals surface area contributed by atoms with Crippen LogP contribution in [0.1, 0.15) is 52.4 Å². The van der Waals surface area contributed by atoms with E-state index < -0.39 is 9.84 Å². The predicted octanol–water partition coefficient (Wildman–Crippen LogP) is 2.55. The first-order valence-corrected chi connectivity index (χ1v) is 8.21. The second-order valence-electron chi connectivity index (χ2n) is 4.82. The molecule has 1 saturated heterocycles. The quantitative estimate of drug-likeness (QED) is 0.650. The average Bonchev–Trinajstić information content (AvgIpc) is 2.53. The molecule has 0 N–H and O–H groups in total. The van der Waals surface area contributed by atoms with E-state index in [2.05, 4.69) is 13.8 Å². The largest absolute Gasteiger partial charge is 0.374 e. The highest BCUT2D eigenvalue weighted by atomic mass is 32.2. The first-order valence-electron chi connectivity index (χ1n) is 6.39. The van der Waals surface area contributed by atoms with Gasteiger partial charge in [0.25, 0.3) is 0 Å². The summed E-state index contributed by atoms with van der Waals surface area (Å²) in [7, 11) is -2.80. The van der Waals surface area contributed by atoms with E-state index in [-0.39, 0.29) is 18.0 Å². The lowest BCUT2D eigenvalue weighted by Crippen LogP contribution is -2.21. The summed E-state index contributed by atoms with van der Waals surface area (Å²) in [4.78, 5) is 0. The lowest BCUT2D eigenvalue weighted by atomic mass is 10.1. The van der Waals surface area contributed by atoms with Gasteiger partial charge in [0.1, 0.15) is 0 Å². The average molecular weight is 248 g/mol. The van der Waals surface area contributed by atoms with Crippen LogP contribution in [0, 0.1) is 0 Å². The lowest BCUT2D eigenvalue weighted by molar-refractivity contribution is 0.00715. The van der Waals surface area contributed by atoms with Crippen molar-refractivity contribution in [1.29, 1.82) is 0 Å². The third-order valence-corrected chi connectivity index (χ3v) is 4.82. The van der Waals surface area contributed by atoms with E-state index >= 15 is 0 Å². The van der Waals surface area contributed by atoms with Crippen molar-refractivity contribution in [1.82, 2.24) is 0 Å². The van der Waals surface area contributed by atoms with Gasteiger partial charge in [-0.05, 0) is 19.8 Å². The molecule has 0 spiro atoms. The molecular weight excluding hydrogens is 224 g/mol. The molecule has 2 atom stereocenters. The van der Waals surface area contributed by atoms with Gasteiger partial charge in [-0.2, -0.15) is 0 Å². The summed E-state index contributed by atoms with van der Waals surface area (Å²) in [6, 6.07) is 0. The highest BCUT2D eigenvalue weighted by Crippen LogP contribution is 2.18. The van der Waals surface area contributed by atoms with Crippen LogP contribution in [0.4, 0.5) is 0 Å². The minimum Gasteiger partial charge on any atom is -0.374 e. The molecule has 3 nitrogen and oxygen atoms in total. The van der Waals surface area contributed by atoms with Gasteiger partial charge in [-0.15, -0.1) is 0 Å². The van der Waals surface area contributed by atoms with E-state index in [1.54, 1.807) is 0 Å². The first kappa shape index (κ1) is 14.0. The van der Waals surface area contributed by atoms with Crippen molar-refractivity contribution in [2.24, 2.45) is 0 Å². The van der Waals surface area contributed by atoms with Gasteiger partial charge >= 0.3 is 0 Å². The normalized spacial score (nSPS) is 25.8. The molecule has 0 aromatic heterocycles. The Balaban J connectivity index is 2.13. The van der Waals surface area contributed by atoms with Crippen LogP contribution in [0.15, 0.2) is 0 Å². The van der Waals surface area contributed by atoms with Crippen molar-refractivity contribution in [2.75, 3.05) is 11.5 Å². The summed E-state index contributed by atoms with van der Waals surface area (Å²) < 4.78 is 28.2. The van der Waals surface area contributed by atoms with E-state index in [0.29, 0.717) is 12.2 Å². The summed E-state index contributed by atoms with van der Waals surface area (Å²) >= 11 is 0. The van der Waals surface area contributed by atoms with Crippen LogP contribution >= 0.6 is 0 Å². The van der Waals surface area contributed by atoms with Gasteiger partial charge in [-0.3, -0.25) is 0 Å². The van der Waals surface area contributed by atoms with Gasteiger partial charge < -0.3 is 4.74 Å². The van der Waals surface area contributed by atoms with Crippen molar-refractivity contribution >= 4 is 9.84 Å². The zero-order valence-electron chi connectivity index (χ0n) is 10.4. The second-order valence-corrected chi connectivity index (χ2v) is 7.05. The van der Waals surface area contributed by atoms with E-state index in [9.17, 15) is 8.42 Å². The maximum Gasteiger partial charge on any atom is 0.152 e. The zero-order valence-corrected chi connectivity index (χ0v) is 11.3. The van der Waals surface area contributed by atoms with E-state index in [4.69, 9.17) is 4.74 Å². The highest BCUT2D eigenvalue weighted by Gasteiger charge is 2.29. The minimum atomic E-state index is -2.80. The number of hydrogen-bond donors (Lipinski definition) is 0. The fraction of sp³-hybridized carbons (Fsp3) is 1.00. The van der Waals surface area contributed by atoms with E-state index in [1.807, 2.05) is 0 Å². The molecule has 1 heterocycles. The Hall–Kier alpha value is -0.0900. The highest BCUT2D eigenvalue weighted by molar-refractivity contribution is 7.91. The van der Waals surface area contributed by atoms with Crippen LogP contribution in [0.2, 0.25) is 0 Å². The summed E-state index contributed by atoms with van der Waals surface area (Å²) in [5.74, 6) is 0.534. The smallest absolute Gasteiger partial charge is 0.152 e. The maximum atomic E-state index is 11.2. The third kappa shape index (κ3) is 5.30. The van der Waals surface area contributed by atoms with E-state index in [0.717, 1.165) is 6.42 Å². The molecule has 0 saturated carbocycles. The molecule has 0 amide bonds. The van der Waals surface area contributed by atoms with Crippen molar-refractivity contribution in [3.05, 3.63) is 0 Å². The Morgan fingerprint density at radius 3 is 2.62 bits per heavy atom. The molecule has 0 aromatic rings. The van der Waals surface area contributed by atoms with Crippen LogP contribution in [-0.4, -0.2) is 32.1 Å². The third-order valence-electron chi connectivity index (χ3n) is 3.08. The van der Waals surface area contributed by atoms with Gasteiger partial charge in [0.15, 0.2) is 9.84 Å². The monoisotopic (exact) mass is 248 g/mol. The molecular formula is C12H24O3S. The van der Waals surface area contributed by atoms with Crippen LogP contribution in [-0.2, 0) is 14.6 Å². The van der Waals surface area contributed by atoms with Gasteiger partial charge in [-0.25, -0.2) is 8.42 Å². The second kappa shape index (κ2) is 6.60. The maximum absolute atomic E-state index is 11.2. The zero-order chi connectivity index (χ0) is 12.0. The molecule has 0 bridgehead atoms. The number of rotatable bonds is 7. The molecule has 4 heteroatoms. The standard InChI is InChI=1S/C12H24O3S/c1-3-4-5-6-7-11(2)15-12-8-9-16(13,14)10-12/h11-12H,3-10H2,1-2H3. The SMILES string of the molecule is CCCCCCC(C)OC1CCS(=O)(=O)C1. The Bertz CT molecular complexity index is 285. The number of unbranched alkanes of at least 4 members (excludes halogenated alkanes) is 3. The number of ether oxygens (including phenoxy) is 1. The molecule has 1 rings (SSSR count). The van der Waals surface area contributed by atoms with Crippen molar-refractivity contribution in [2.45, 2.75) is 64.6 Å². The molecule has 0 aliphatic carbocycles. The van der Waals surface area contributed by atoms with Crippen LogP contribution in [0.3, 0.4) is 0 Å². The van der Waals surface area contributed by atoms with Crippen LogP contribution in [0.25, 0.3) is 0 Å². The molecule has 0 aromatic carbocycles. The van der Waals surface area contributed by atoms with Crippen LogP contribution in [0.5, 0.6) is 0 Å². The molecule has 1 fully saturated rings. The number of hydrogen-bond acceptors (Lipinski definition) is 3. The fourth-order valence-corrected chi connectivity index (χ4v) is 3.72. The number of sulfone groups is 1. The Kier molecular flexibility index (Phi) is 5.76. The van der Waals surface area contributed by atoms with Crippen molar-refractivity contribution < 1.29 is 13.2 Å². The lowest BCUT2D eigenvalue weighted by Gasteiger charge is -2.17. The van der Waals surface area contributed by atoms with Gasteiger partial charge in [0.05, 0.1) is 23.7 Å². The van der Waals surface area contributed by atoms with Gasteiger partial charge in [0.2, 0.25) is 0 Å². The molecule has 2 unspecified atom stereocenters. The first-order chi connectivity index (χ1) is 7.53. The van der Waals surface area contributed by atoms with Crippen LogP contribution < -0.4 is 0 Å². The topological polar surface area (TPSA) is 43.4 Å². The van der Waals surface area contributed by atoms with Gasteiger partial charge in [-0.1, -0.05) is 32.6 Å². The summed E-state index contributed by atoms with van der Waals surface area (Å²) in [6.45, 7) is 4.25. The van der Waals surface area contributed by atoms with E-state index in [1.165, 1.54) is 25.7 Å². The Morgan fingerprint density at radius 2 is 2.06 bits per heavy atom. The summed E-state index contributed by atoms with van der Waals surface area (Å²) in [5.41, 5.74) is 0. The fourth-order valence-electron chi connectivity index (χ4n) is 2.12. The molecule has 1 aliphatic rings. The molecule has 0 radical (unpaired) electrons. The van der Waals surface area contributed by atoms with Crippen molar-refractivity contribution in [3.8, 4) is 0 Å².